The van der Waals surface area contributed by atoms with Gasteiger partial charge in [0.1, 0.15) is 0 Å². The van der Waals surface area contributed by atoms with Gasteiger partial charge >= 0.3 is 0 Å². The van der Waals surface area contributed by atoms with Crippen LogP contribution in [0, 0.1) is 0 Å². The molecule has 0 unspecified atom stereocenters. The van der Waals surface area contributed by atoms with Gasteiger partial charge < -0.3 is 5.32 Å². The minimum Gasteiger partial charge on any atom is -0.394 e. The molecule has 1 heteroatoms. The molecule has 0 saturated carbocycles. The quantitative estimate of drug-likeness (QED) is 0.546. The maximum Gasteiger partial charge on any atom is 0.00278 e. The van der Waals surface area contributed by atoms with Gasteiger partial charge in [-0.3, -0.25) is 0 Å². The molecule has 0 heterocycles. The standard InChI is InChI=1S/C7H13N/c1-4-7(5-2)6-8-3/h4,6,8H,1,5H2,2-3H3/b7-6+. The Hall–Kier alpha value is -0.720. The van der Waals surface area contributed by atoms with E-state index in [1.54, 1.807) is 0 Å². The molecular formula is C7H13N. The lowest BCUT2D eigenvalue weighted by atomic mass is 10.2. The van der Waals surface area contributed by atoms with E-state index in [-0.39, 0.29) is 0 Å². The van der Waals surface area contributed by atoms with Crippen LogP contribution in [0.15, 0.2) is 24.4 Å². The van der Waals surface area contributed by atoms with E-state index in [9.17, 15) is 0 Å². The fourth-order valence-electron chi connectivity index (χ4n) is 0.491. The predicted octanol–water partition coefficient (Wildman–Crippen LogP) is 1.69. The first-order valence-corrected chi connectivity index (χ1v) is 2.83. The third-order valence-electron chi connectivity index (χ3n) is 1.00. The van der Waals surface area contributed by atoms with Crippen LogP contribution in [-0.4, -0.2) is 7.05 Å². The van der Waals surface area contributed by atoms with Gasteiger partial charge in [-0.05, 0) is 18.2 Å². The van der Waals surface area contributed by atoms with E-state index in [0.29, 0.717) is 0 Å². The fourth-order valence-corrected chi connectivity index (χ4v) is 0.491. The van der Waals surface area contributed by atoms with Gasteiger partial charge in [-0.25, -0.2) is 0 Å². The zero-order valence-electron chi connectivity index (χ0n) is 5.57. The molecule has 0 aromatic rings. The van der Waals surface area contributed by atoms with Crippen LogP contribution in [0.2, 0.25) is 0 Å². The van der Waals surface area contributed by atoms with Crippen molar-refractivity contribution in [2.75, 3.05) is 7.05 Å². The van der Waals surface area contributed by atoms with Crippen molar-refractivity contribution >= 4 is 0 Å². The van der Waals surface area contributed by atoms with E-state index < -0.39 is 0 Å². The summed E-state index contributed by atoms with van der Waals surface area (Å²) in [5.74, 6) is 0. The van der Waals surface area contributed by atoms with Crippen LogP contribution in [-0.2, 0) is 0 Å². The van der Waals surface area contributed by atoms with Gasteiger partial charge in [-0.15, -0.1) is 0 Å². The molecule has 0 spiro atoms. The second kappa shape index (κ2) is 4.44. The summed E-state index contributed by atoms with van der Waals surface area (Å²) in [5.41, 5.74) is 1.24. The SMILES string of the molecule is C=C/C(=C\NC)CC. The second-order valence-corrected chi connectivity index (χ2v) is 1.57. The predicted molar refractivity (Wildman–Crippen MR) is 37.6 cm³/mol. The minimum absolute atomic E-state index is 1.05. The second-order valence-electron chi connectivity index (χ2n) is 1.57. The Bertz CT molecular complexity index is 92.6. The van der Waals surface area contributed by atoms with Crippen LogP contribution in [0.1, 0.15) is 13.3 Å². The molecule has 1 nitrogen and oxygen atoms in total. The molecule has 0 aromatic carbocycles. The van der Waals surface area contributed by atoms with Crippen molar-refractivity contribution in [3.05, 3.63) is 24.4 Å². The van der Waals surface area contributed by atoms with Crippen LogP contribution >= 0.6 is 0 Å². The summed E-state index contributed by atoms with van der Waals surface area (Å²) in [5, 5.41) is 2.94. The highest BCUT2D eigenvalue weighted by atomic mass is 14.8. The highest BCUT2D eigenvalue weighted by Gasteiger charge is 1.80. The van der Waals surface area contributed by atoms with Crippen molar-refractivity contribution in [3.63, 3.8) is 0 Å². The first kappa shape index (κ1) is 7.28. The molecule has 46 valence electrons. The fraction of sp³-hybridized carbons (Fsp3) is 0.429. The zero-order valence-corrected chi connectivity index (χ0v) is 5.57. The van der Waals surface area contributed by atoms with Crippen molar-refractivity contribution in [2.45, 2.75) is 13.3 Å². The van der Waals surface area contributed by atoms with Crippen LogP contribution < -0.4 is 5.32 Å². The summed E-state index contributed by atoms with van der Waals surface area (Å²) in [6.45, 7) is 5.74. The normalized spacial score (nSPS) is 11.0. The maximum absolute atomic E-state index is 3.64. The lowest BCUT2D eigenvalue weighted by molar-refractivity contribution is 1.04. The molecule has 0 aliphatic heterocycles. The molecule has 0 fully saturated rings. The van der Waals surface area contributed by atoms with E-state index in [1.165, 1.54) is 5.57 Å². The summed E-state index contributed by atoms with van der Waals surface area (Å²) < 4.78 is 0. The number of rotatable bonds is 3. The maximum atomic E-state index is 3.64. The Balaban J connectivity index is 3.66. The number of allylic oxidation sites excluding steroid dienone is 2. The minimum atomic E-state index is 1.05. The molecule has 0 rings (SSSR count). The lowest BCUT2D eigenvalue weighted by Gasteiger charge is -1.93. The van der Waals surface area contributed by atoms with Crippen molar-refractivity contribution in [1.29, 1.82) is 0 Å². The van der Waals surface area contributed by atoms with Gasteiger partial charge in [-0.1, -0.05) is 19.6 Å². The van der Waals surface area contributed by atoms with Crippen molar-refractivity contribution in [3.8, 4) is 0 Å². The molecule has 0 radical (unpaired) electrons. The first-order valence-electron chi connectivity index (χ1n) is 2.83. The Morgan fingerprint density at radius 3 is 2.50 bits per heavy atom. The van der Waals surface area contributed by atoms with Crippen molar-refractivity contribution in [2.24, 2.45) is 0 Å². The Labute approximate surface area is 51.1 Å². The van der Waals surface area contributed by atoms with Crippen LogP contribution in [0.3, 0.4) is 0 Å². The number of nitrogens with one attached hydrogen (secondary N) is 1. The van der Waals surface area contributed by atoms with Gasteiger partial charge in [0.2, 0.25) is 0 Å². The van der Waals surface area contributed by atoms with E-state index in [1.807, 2.05) is 19.3 Å². The molecule has 0 saturated heterocycles. The molecular weight excluding hydrogens is 98.1 g/mol. The largest absolute Gasteiger partial charge is 0.394 e. The molecule has 0 atom stereocenters. The highest BCUT2D eigenvalue weighted by molar-refractivity contribution is 5.13. The van der Waals surface area contributed by atoms with E-state index in [0.717, 1.165) is 6.42 Å². The Kier molecular flexibility index (Phi) is 4.04. The number of hydrogen-bond acceptors (Lipinski definition) is 1. The van der Waals surface area contributed by atoms with Crippen LogP contribution in [0.25, 0.3) is 0 Å². The molecule has 0 aliphatic rings. The summed E-state index contributed by atoms with van der Waals surface area (Å²) in [6, 6.07) is 0. The topological polar surface area (TPSA) is 12.0 Å². The van der Waals surface area contributed by atoms with E-state index >= 15 is 0 Å². The number of hydrogen-bond donors (Lipinski definition) is 1. The average molecular weight is 111 g/mol. The lowest BCUT2D eigenvalue weighted by Crippen LogP contribution is -1.93. The summed E-state index contributed by atoms with van der Waals surface area (Å²) in [6.07, 6.45) is 4.86. The van der Waals surface area contributed by atoms with E-state index in [4.69, 9.17) is 0 Å². The van der Waals surface area contributed by atoms with Crippen LogP contribution in [0.5, 0.6) is 0 Å². The van der Waals surface area contributed by atoms with Gasteiger partial charge in [0, 0.05) is 7.05 Å². The Morgan fingerprint density at radius 1 is 1.75 bits per heavy atom. The first-order chi connectivity index (χ1) is 3.85. The van der Waals surface area contributed by atoms with Gasteiger partial charge in [0.15, 0.2) is 0 Å². The molecule has 0 amide bonds. The van der Waals surface area contributed by atoms with E-state index in [2.05, 4.69) is 18.8 Å². The molecule has 0 bridgehead atoms. The third-order valence-corrected chi connectivity index (χ3v) is 1.00. The third kappa shape index (κ3) is 2.45. The summed E-state index contributed by atoms with van der Waals surface area (Å²) in [7, 11) is 1.89. The highest BCUT2D eigenvalue weighted by Crippen LogP contribution is 1.97. The van der Waals surface area contributed by atoms with Crippen molar-refractivity contribution < 1.29 is 0 Å². The van der Waals surface area contributed by atoms with Crippen molar-refractivity contribution in [1.82, 2.24) is 5.32 Å². The summed E-state index contributed by atoms with van der Waals surface area (Å²) >= 11 is 0. The molecule has 0 aromatic heterocycles. The smallest absolute Gasteiger partial charge is 0.00278 e. The Morgan fingerprint density at radius 2 is 2.38 bits per heavy atom. The molecule has 0 aliphatic carbocycles. The average Bonchev–Trinajstić information content (AvgIpc) is 1.83. The van der Waals surface area contributed by atoms with Gasteiger partial charge in [-0.2, -0.15) is 0 Å². The zero-order chi connectivity index (χ0) is 6.41. The van der Waals surface area contributed by atoms with Gasteiger partial charge in [0.05, 0.1) is 0 Å². The molecule has 8 heavy (non-hydrogen) atoms. The van der Waals surface area contributed by atoms with Crippen LogP contribution in [0.4, 0.5) is 0 Å². The van der Waals surface area contributed by atoms with Gasteiger partial charge in [0.25, 0.3) is 0 Å². The summed E-state index contributed by atoms with van der Waals surface area (Å²) in [4.78, 5) is 0. The molecule has 1 N–H and O–H groups in total. The monoisotopic (exact) mass is 111 g/mol.